The number of hydrogen-bond donors (Lipinski definition) is 1. The summed E-state index contributed by atoms with van der Waals surface area (Å²) in [5.41, 5.74) is -0.704. The molecule has 0 aliphatic heterocycles. The summed E-state index contributed by atoms with van der Waals surface area (Å²) in [5, 5.41) is 5.92. The molecule has 0 unspecified atom stereocenters. The van der Waals surface area contributed by atoms with Gasteiger partial charge in [0.1, 0.15) is 12.0 Å². The lowest BCUT2D eigenvalue weighted by Crippen LogP contribution is -2.09. The summed E-state index contributed by atoms with van der Waals surface area (Å²) < 4.78 is 38.9. The van der Waals surface area contributed by atoms with Crippen LogP contribution in [0.5, 0.6) is 0 Å². The number of anilines is 1. The van der Waals surface area contributed by atoms with E-state index in [1.807, 2.05) is 0 Å². The normalized spacial score (nSPS) is 11.5. The lowest BCUT2D eigenvalue weighted by atomic mass is 10.3. The molecule has 2 heterocycles. The summed E-state index contributed by atoms with van der Waals surface area (Å²) in [5.74, 6) is 0. The minimum absolute atomic E-state index is 0.0960. The van der Waals surface area contributed by atoms with E-state index >= 15 is 0 Å². The zero-order valence-electron chi connectivity index (χ0n) is 8.73. The second-order valence-electron chi connectivity index (χ2n) is 3.18. The molecule has 0 fully saturated rings. The smallest absolute Gasteiger partial charge is 0.385 e. The van der Waals surface area contributed by atoms with Crippen LogP contribution in [0.25, 0.3) is 5.69 Å². The van der Waals surface area contributed by atoms with Crippen LogP contribution < -0.4 is 5.32 Å². The van der Waals surface area contributed by atoms with Crippen LogP contribution in [0, 0.1) is 0 Å². The largest absolute Gasteiger partial charge is 0.437 e. The van der Waals surface area contributed by atoms with Crippen molar-refractivity contribution >= 4 is 5.69 Å². The maximum absolute atomic E-state index is 12.6. The average molecular weight is 243 g/mol. The molecule has 0 aliphatic carbocycles. The first-order valence-electron chi connectivity index (χ1n) is 4.62. The second kappa shape index (κ2) is 4.04. The Kier molecular flexibility index (Phi) is 2.70. The first-order valence-corrected chi connectivity index (χ1v) is 4.62. The SMILES string of the molecule is CNc1cn(-c2cncnc2)nc1C(F)(F)F. The highest BCUT2D eigenvalue weighted by atomic mass is 19.4. The second-order valence-corrected chi connectivity index (χ2v) is 3.18. The van der Waals surface area contributed by atoms with Crippen LogP contribution in [0.3, 0.4) is 0 Å². The fourth-order valence-corrected chi connectivity index (χ4v) is 1.31. The maximum Gasteiger partial charge on any atom is 0.437 e. The number of nitrogens with one attached hydrogen (secondary N) is 1. The van der Waals surface area contributed by atoms with Crippen molar-refractivity contribution in [3.8, 4) is 5.69 Å². The van der Waals surface area contributed by atoms with Gasteiger partial charge in [0.25, 0.3) is 0 Å². The van der Waals surface area contributed by atoms with E-state index in [-0.39, 0.29) is 5.69 Å². The molecule has 0 saturated heterocycles. The quantitative estimate of drug-likeness (QED) is 0.872. The fraction of sp³-hybridized carbons (Fsp3) is 0.222. The number of rotatable bonds is 2. The van der Waals surface area contributed by atoms with Gasteiger partial charge in [0, 0.05) is 7.05 Å². The zero-order chi connectivity index (χ0) is 12.5. The van der Waals surface area contributed by atoms with E-state index in [0.29, 0.717) is 5.69 Å². The van der Waals surface area contributed by atoms with Crippen molar-refractivity contribution in [1.82, 2.24) is 19.7 Å². The van der Waals surface area contributed by atoms with Crippen LogP contribution in [-0.2, 0) is 6.18 Å². The number of halogens is 3. The minimum Gasteiger partial charge on any atom is -0.385 e. The Morgan fingerprint density at radius 3 is 2.35 bits per heavy atom. The molecule has 0 aliphatic rings. The summed E-state index contributed by atoms with van der Waals surface area (Å²) in [6.07, 6.45) is 0.774. The van der Waals surface area contributed by atoms with E-state index in [0.717, 1.165) is 4.68 Å². The molecule has 0 saturated carbocycles. The highest BCUT2D eigenvalue weighted by Gasteiger charge is 2.37. The van der Waals surface area contributed by atoms with Gasteiger partial charge in [-0.05, 0) is 0 Å². The van der Waals surface area contributed by atoms with Gasteiger partial charge in [-0.15, -0.1) is 0 Å². The molecule has 2 aromatic rings. The molecular weight excluding hydrogens is 235 g/mol. The van der Waals surface area contributed by atoms with Crippen LogP contribution >= 0.6 is 0 Å². The van der Waals surface area contributed by atoms with Gasteiger partial charge < -0.3 is 5.32 Å². The summed E-state index contributed by atoms with van der Waals surface area (Å²) >= 11 is 0. The zero-order valence-corrected chi connectivity index (χ0v) is 8.73. The van der Waals surface area contributed by atoms with E-state index in [1.165, 1.54) is 32.0 Å². The number of nitrogens with zero attached hydrogens (tertiary/aromatic N) is 4. The third-order valence-corrected chi connectivity index (χ3v) is 2.06. The highest BCUT2D eigenvalue weighted by molar-refractivity contribution is 5.49. The number of aromatic nitrogens is 4. The van der Waals surface area contributed by atoms with Crippen LogP contribution in [0.1, 0.15) is 5.69 Å². The highest BCUT2D eigenvalue weighted by Crippen LogP contribution is 2.33. The van der Waals surface area contributed by atoms with Gasteiger partial charge in [0.15, 0.2) is 5.69 Å². The first kappa shape index (κ1) is 11.4. The molecule has 0 spiro atoms. The van der Waals surface area contributed by atoms with Crippen LogP contribution in [0.4, 0.5) is 18.9 Å². The van der Waals surface area contributed by atoms with Crippen LogP contribution in [0.2, 0.25) is 0 Å². The number of alkyl halides is 3. The summed E-state index contributed by atoms with van der Waals surface area (Å²) in [6.45, 7) is 0. The average Bonchev–Trinajstić information content (AvgIpc) is 2.74. The van der Waals surface area contributed by atoms with Gasteiger partial charge in [0.2, 0.25) is 0 Å². The Hall–Kier alpha value is -2.12. The Morgan fingerprint density at radius 2 is 1.88 bits per heavy atom. The molecule has 2 rings (SSSR count). The van der Waals surface area contributed by atoms with Gasteiger partial charge in [0.05, 0.1) is 24.3 Å². The van der Waals surface area contributed by atoms with Gasteiger partial charge in [-0.3, -0.25) is 0 Å². The van der Waals surface area contributed by atoms with Crippen molar-refractivity contribution in [2.45, 2.75) is 6.18 Å². The minimum atomic E-state index is -4.50. The van der Waals surface area contributed by atoms with Crippen molar-refractivity contribution in [1.29, 1.82) is 0 Å². The van der Waals surface area contributed by atoms with Crippen molar-refractivity contribution in [2.24, 2.45) is 0 Å². The van der Waals surface area contributed by atoms with Crippen molar-refractivity contribution in [3.05, 3.63) is 30.6 Å². The molecule has 8 heteroatoms. The van der Waals surface area contributed by atoms with Crippen molar-refractivity contribution in [3.63, 3.8) is 0 Å². The monoisotopic (exact) mass is 243 g/mol. The Bertz CT molecular complexity index is 505. The van der Waals surface area contributed by atoms with E-state index in [9.17, 15) is 13.2 Å². The predicted molar refractivity (Wildman–Crippen MR) is 53.7 cm³/mol. The van der Waals surface area contributed by atoms with E-state index in [1.54, 1.807) is 0 Å². The Balaban J connectivity index is 2.49. The van der Waals surface area contributed by atoms with E-state index < -0.39 is 11.9 Å². The van der Waals surface area contributed by atoms with Crippen molar-refractivity contribution < 1.29 is 13.2 Å². The molecule has 17 heavy (non-hydrogen) atoms. The predicted octanol–water partition coefficient (Wildman–Crippen LogP) is 1.72. The fourth-order valence-electron chi connectivity index (χ4n) is 1.31. The molecule has 0 radical (unpaired) electrons. The molecule has 90 valence electrons. The Labute approximate surface area is 94.3 Å². The summed E-state index contributed by atoms with van der Waals surface area (Å²) in [4.78, 5) is 7.43. The van der Waals surface area contributed by atoms with Crippen LogP contribution in [-0.4, -0.2) is 26.8 Å². The maximum atomic E-state index is 12.6. The topological polar surface area (TPSA) is 55.6 Å². The van der Waals surface area contributed by atoms with Crippen molar-refractivity contribution in [2.75, 3.05) is 12.4 Å². The lowest BCUT2D eigenvalue weighted by molar-refractivity contribution is -0.140. The Morgan fingerprint density at radius 1 is 1.24 bits per heavy atom. The third-order valence-electron chi connectivity index (χ3n) is 2.06. The molecule has 5 nitrogen and oxygen atoms in total. The third kappa shape index (κ3) is 2.19. The molecule has 0 bridgehead atoms. The van der Waals surface area contributed by atoms with E-state index in [4.69, 9.17) is 0 Å². The van der Waals surface area contributed by atoms with Gasteiger partial charge in [-0.25, -0.2) is 14.6 Å². The molecule has 0 atom stereocenters. The van der Waals surface area contributed by atoms with E-state index in [2.05, 4.69) is 20.4 Å². The molecule has 1 N–H and O–H groups in total. The van der Waals surface area contributed by atoms with Gasteiger partial charge in [-0.2, -0.15) is 18.3 Å². The lowest BCUT2D eigenvalue weighted by Gasteiger charge is -2.04. The molecule has 0 amide bonds. The standard InChI is InChI=1S/C9H8F3N5/c1-13-7-4-17(6-2-14-5-15-3-6)16-8(7)9(10,11)12/h2-5,13H,1H3. The number of hydrogen-bond acceptors (Lipinski definition) is 4. The molecule has 2 aromatic heterocycles. The van der Waals surface area contributed by atoms with Gasteiger partial charge >= 0.3 is 6.18 Å². The molecule has 0 aromatic carbocycles. The molecular formula is C9H8F3N5. The first-order chi connectivity index (χ1) is 8.02. The van der Waals surface area contributed by atoms with Gasteiger partial charge in [-0.1, -0.05) is 0 Å². The van der Waals surface area contributed by atoms with Crippen LogP contribution in [0.15, 0.2) is 24.9 Å². The summed E-state index contributed by atoms with van der Waals surface area (Å²) in [6, 6.07) is 0. The summed E-state index contributed by atoms with van der Waals surface area (Å²) in [7, 11) is 1.40.